The molecule has 0 saturated heterocycles. The summed E-state index contributed by atoms with van der Waals surface area (Å²) in [6.07, 6.45) is -2.73. The van der Waals surface area contributed by atoms with Gasteiger partial charge in [-0.15, -0.1) is 0 Å². The van der Waals surface area contributed by atoms with Gasteiger partial charge >= 0.3 is 5.97 Å². The van der Waals surface area contributed by atoms with Gasteiger partial charge in [-0.25, -0.2) is 13.6 Å². The standard InChI is InChI=1S/C9H8ClF2NO2/c1-15-9(14)5-3-2-4(8(11)12)6(10)7(5)13/h2-3,8H,13H2,1H3. The van der Waals surface area contributed by atoms with Gasteiger partial charge in [0, 0.05) is 5.56 Å². The third-order valence-corrected chi connectivity index (χ3v) is 2.27. The maximum Gasteiger partial charge on any atom is 0.340 e. The first-order valence-electron chi connectivity index (χ1n) is 3.93. The Labute approximate surface area is 89.8 Å². The number of esters is 1. The lowest BCUT2D eigenvalue weighted by Crippen LogP contribution is -2.07. The second kappa shape index (κ2) is 4.44. The summed E-state index contributed by atoms with van der Waals surface area (Å²) < 4.78 is 29.1. The largest absolute Gasteiger partial charge is 0.465 e. The lowest BCUT2D eigenvalue weighted by molar-refractivity contribution is 0.0601. The average Bonchev–Trinajstić information content (AvgIpc) is 2.20. The molecule has 0 spiro atoms. The highest BCUT2D eigenvalue weighted by atomic mass is 35.5. The van der Waals surface area contributed by atoms with Gasteiger partial charge in [-0.2, -0.15) is 0 Å². The van der Waals surface area contributed by atoms with Crippen LogP contribution < -0.4 is 5.73 Å². The van der Waals surface area contributed by atoms with E-state index in [-0.39, 0.29) is 16.3 Å². The van der Waals surface area contributed by atoms with Gasteiger partial charge in [0.1, 0.15) is 0 Å². The van der Waals surface area contributed by atoms with E-state index in [9.17, 15) is 13.6 Å². The molecule has 0 aliphatic carbocycles. The molecule has 0 amide bonds. The van der Waals surface area contributed by atoms with E-state index in [1.807, 2.05) is 0 Å². The van der Waals surface area contributed by atoms with Crippen LogP contribution in [0.15, 0.2) is 12.1 Å². The van der Waals surface area contributed by atoms with Gasteiger partial charge in [0.15, 0.2) is 0 Å². The summed E-state index contributed by atoms with van der Waals surface area (Å²) in [6, 6.07) is 2.21. The van der Waals surface area contributed by atoms with Crippen LogP contribution >= 0.6 is 11.6 Å². The molecule has 6 heteroatoms. The Balaban J connectivity index is 3.27. The van der Waals surface area contributed by atoms with Crippen LogP contribution in [-0.2, 0) is 4.74 Å². The molecule has 0 atom stereocenters. The second-order valence-corrected chi connectivity index (χ2v) is 3.10. The van der Waals surface area contributed by atoms with Crippen molar-refractivity contribution in [3.8, 4) is 0 Å². The van der Waals surface area contributed by atoms with Gasteiger partial charge in [-0.1, -0.05) is 17.7 Å². The van der Waals surface area contributed by atoms with Crippen LogP contribution in [0.25, 0.3) is 0 Å². The molecule has 0 heterocycles. The molecular formula is C9H8ClF2NO2. The monoisotopic (exact) mass is 235 g/mol. The quantitative estimate of drug-likeness (QED) is 0.633. The average molecular weight is 236 g/mol. The molecule has 15 heavy (non-hydrogen) atoms. The van der Waals surface area contributed by atoms with Crippen molar-refractivity contribution in [2.45, 2.75) is 6.43 Å². The molecule has 0 unspecified atom stereocenters. The fourth-order valence-corrected chi connectivity index (χ4v) is 1.31. The number of anilines is 1. The summed E-state index contributed by atoms with van der Waals surface area (Å²) in [7, 11) is 1.16. The van der Waals surface area contributed by atoms with Crippen molar-refractivity contribution in [1.82, 2.24) is 0 Å². The molecule has 1 aromatic rings. The number of methoxy groups -OCH3 is 1. The highest BCUT2D eigenvalue weighted by Gasteiger charge is 2.19. The van der Waals surface area contributed by atoms with Crippen LogP contribution in [0.5, 0.6) is 0 Å². The number of carbonyl (C=O) groups is 1. The lowest BCUT2D eigenvalue weighted by atomic mass is 10.1. The minimum atomic E-state index is -2.73. The normalized spacial score (nSPS) is 10.5. The molecule has 2 N–H and O–H groups in total. The first kappa shape index (κ1) is 11.7. The van der Waals surface area contributed by atoms with Crippen molar-refractivity contribution in [3.63, 3.8) is 0 Å². The number of rotatable bonds is 2. The fraction of sp³-hybridized carbons (Fsp3) is 0.222. The van der Waals surface area contributed by atoms with Gasteiger partial charge in [-0.3, -0.25) is 0 Å². The van der Waals surface area contributed by atoms with Crippen molar-refractivity contribution < 1.29 is 18.3 Å². The number of nitrogens with two attached hydrogens (primary N) is 1. The number of ether oxygens (including phenoxy) is 1. The van der Waals surface area contributed by atoms with E-state index in [0.29, 0.717) is 0 Å². The minimum absolute atomic E-state index is 0.0214. The van der Waals surface area contributed by atoms with Crippen molar-refractivity contribution >= 4 is 23.3 Å². The van der Waals surface area contributed by atoms with Gasteiger partial charge in [-0.05, 0) is 6.07 Å². The molecule has 0 aliphatic rings. The third kappa shape index (κ3) is 2.18. The van der Waals surface area contributed by atoms with E-state index >= 15 is 0 Å². The number of hydrogen-bond donors (Lipinski definition) is 1. The molecule has 82 valence electrons. The summed E-state index contributed by atoms with van der Waals surface area (Å²) >= 11 is 5.58. The number of nitrogen functional groups attached to an aromatic ring is 1. The Morgan fingerprint density at radius 2 is 2.13 bits per heavy atom. The van der Waals surface area contributed by atoms with Crippen molar-refractivity contribution in [1.29, 1.82) is 0 Å². The molecule has 0 aromatic heterocycles. The first-order chi connectivity index (χ1) is 6.99. The van der Waals surface area contributed by atoms with Crippen molar-refractivity contribution in [2.24, 2.45) is 0 Å². The summed E-state index contributed by atoms with van der Waals surface area (Å²) in [6.45, 7) is 0. The summed E-state index contributed by atoms with van der Waals surface area (Å²) in [5.41, 5.74) is 4.82. The second-order valence-electron chi connectivity index (χ2n) is 2.72. The van der Waals surface area contributed by atoms with E-state index in [1.165, 1.54) is 0 Å². The molecule has 1 aromatic carbocycles. The van der Waals surface area contributed by atoms with Gasteiger partial charge in [0.05, 0.1) is 23.4 Å². The zero-order valence-corrected chi connectivity index (χ0v) is 8.52. The number of halogens is 3. The summed E-state index contributed by atoms with van der Waals surface area (Å²) in [5, 5.41) is -0.312. The first-order valence-corrected chi connectivity index (χ1v) is 4.31. The highest BCUT2D eigenvalue weighted by molar-refractivity contribution is 6.34. The van der Waals surface area contributed by atoms with E-state index in [1.54, 1.807) is 0 Å². The van der Waals surface area contributed by atoms with Crippen LogP contribution in [0, 0.1) is 0 Å². The number of carbonyl (C=O) groups excluding carboxylic acids is 1. The lowest BCUT2D eigenvalue weighted by Gasteiger charge is -2.09. The van der Waals surface area contributed by atoms with Gasteiger partial charge < -0.3 is 10.5 Å². The molecule has 0 saturated carbocycles. The SMILES string of the molecule is COC(=O)c1ccc(C(F)F)c(Cl)c1N. The Kier molecular flexibility index (Phi) is 3.47. The van der Waals surface area contributed by atoms with E-state index in [4.69, 9.17) is 17.3 Å². The predicted molar refractivity (Wildman–Crippen MR) is 52.2 cm³/mol. The molecule has 0 fully saturated rings. The predicted octanol–water partition coefficient (Wildman–Crippen LogP) is 2.65. The van der Waals surface area contributed by atoms with Crippen molar-refractivity contribution in [2.75, 3.05) is 12.8 Å². The van der Waals surface area contributed by atoms with Gasteiger partial charge in [0.2, 0.25) is 0 Å². The number of benzene rings is 1. The zero-order chi connectivity index (χ0) is 11.6. The van der Waals surface area contributed by atoms with Crippen LogP contribution in [0.4, 0.5) is 14.5 Å². The Morgan fingerprint density at radius 3 is 2.60 bits per heavy atom. The summed E-state index contributed by atoms with van der Waals surface area (Å²) in [5.74, 6) is -0.713. The molecule has 1 rings (SSSR count). The molecule has 0 bridgehead atoms. The Hall–Kier alpha value is -1.36. The fourth-order valence-electron chi connectivity index (χ4n) is 1.07. The molecule has 0 aliphatic heterocycles. The maximum absolute atomic E-state index is 12.4. The van der Waals surface area contributed by atoms with Gasteiger partial charge in [0.25, 0.3) is 6.43 Å². The number of alkyl halides is 2. The van der Waals surface area contributed by atoms with E-state index in [0.717, 1.165) is 19.2 Å². The van der Waals surface area contributed by atoms with Crippen LogP contribution in [-0.4, -0.2) is 13.1 Å². The number of hydrogen-bond acceptors (Lipinski definition) is 3. The summed E-state index contributed by atoms with van der Waals surface area (Å²) in [4.78, 5) is 11.1. The Morgan fingerprint density at radius 1 is 1.53 bits per heavy atom. The minimum Gasteiger partial charge on any atom is -0.465 e. The zero-order valence-electron chi connectivity index (χ0n) is 7.76. The third-order valence-electron chi connectivity index (χ3n) is 1.85. The molecule has 0 radical (unpaired) electrons. The van der Waals surface area contributed by atoms with Crippen LogP contribution in [0.3, 0.4) is 0 Å². The molecular weight excluding hydrogens is 228 g/mol. The molecule has 3 nitrogen and oxygen atoms in total. The smallest absolute Gasteiger partial charge is 0.340 e. The van der Waals surface area contributed by atoms with Crippen LogP contribution in [0.2, 0.25) is 5.02 Å². The maximum atomic E-state index is 12.4. The van der Waals surface area contributed by atoms with E-state index < -0.39 is 18.0 Å². The highest BCUT2D eigenvalue weighted by Crippen LogP contribution is 2.33. The Bertz CT molecular complexity index is 396. The van der Waals surface area contributed by atoms with E-state index in [2.05, 4.69) is 4.74 Å². The topological polar surface area (TPSA) is 52.3 Å². The van der Waals surface area contributed by atoms with Crippen LogP contribution in [0.1, 0.15) is 22.3 Å². The van der Waals surface area contributed by atoms with Crippen molar-refractivity contribution in [3.05, 3.63) is 28.3 Å².